The highest BCUT2D eigenvalue weighted by Crippen LogP contribution is 2.40. The molecule has 0 bridgehead atoms. The summed E-state index contributed by atoms with van der Waals surface area (Å²) in [5, 5.41) is 11.1. The van der Waals surface area contributed by atoms with E-state index in [9.17, 15) is 9.59 Å². The number of amides is 2. The number of piperidine rings is 1. The maximum absolute atomic E-state index is 12.8. The van der Waals surface area contributed by atoms with Crippen molar-refractivity contribution >= 4 is 40.3 Å². The summed E-state index contributed by atoms with van der Waals surface area (Å²) in [6.07, 6.45) is 4.05. The zero-order valence-corrected chi connectivity index (χ0v) is 20.1. The predicted molar refractivity (Wildman–Crippen MR) is 125 cm³/mol. The van der Waals surface area contributed by atoms with E-state index in [1.165, 1.54) is 35.5 Å². The Balaban J connectivity index is 1.19. The normalized spacial score (nSPS) is 17.0. The van der Waals surface area contributed by atoms with Gasteiger partial charge in [0.05, 0.1) is 21.4 Å². The van der Waals surface area contributed by atoms with Crippen molar-refractivity contribution in [3.05, 3.63) is 43.4 Å². The van der Waals surface area contributed by atoms with Crippen LogP contribution in [0.3, 0.4) is 0 Å². The average molecular weight is 471 g/mol. The summed E-state index contributed by atoms with van der Waals surface area (Å²) in [5.74, 6) is 1.38. The molecule has 10 heteroatoms. The first-order valence-corrected chi connectivity index (χ1v) is 12.6. The molecule has 0 unspecified atom stereocenters. The molecule has 1 N–H and O–H groups in total. The molecule has 1 saturated carbocycles. The van der Waals surface area contributed by atoms with E-state index in [1.807, 2.05) is 37.2 Å². The largest absolute Gasteiger partial charge is 0.338 e. The van der Waals surface area contributed by atoms with Gasteiger partial charge in [0, 0.05) is 43.4 Å². The van der Waals surface area contributed by atoms with E-state index in [2.05, 4.69) is 20.4 Å². The lowest BCUT2D eigenvalue weighted by atomic mass is 9.97. The summed E-state index contributed by atoms with van der Waals surface area (Å²) in [4.78, 5) is 37.2. The Kier molecular flexibility index (Phi) is 5.58. The van der Waals surface area contributed by atoms with Gasteiger partial charge in [-0.15, -0.1) is 22.7 Å². The Hall–Kier alpha value is -2.59. The minimum atomic E-state index is -0.207. The quantitative estimate of drug-likeness (QED) is 0.606. The molecule has 1 aliphatic heterocycles. The van der Waals surface area contributed by atoms with Crippen LogP contribution in [0.2, 0.25) is 0 Å². The van der Waals surface area contributed by atoms with Crippen molar-refractivity contribution in [3.63, 3.8) is 0 Å². The van der Waals surface area contributed by atoms with Gasteiger partial charge in [-0.05, 0) is 39.5 Å². The Morgan fingerprint density at radius 2 is 1.84 bits per heavy atom. The minimum absolute atomic E-state index is 0.0764. The number of likely N-dealkylation sites (tertiary alicyclic amines) is 1. The molecule has 8 nitrogen and oxygen atoms in total. The first-order chi connectivity index (χ1) is 15.4. The van der Waals surface area contributed by atoms with Gasteiger partial charge in [-0.3, -0.25) is 14.3 Å². The molecule has 2 amide bonds. The van der Waals surface area contributed by atoms with Crippen LogP contribution in [0.4, 0.5) is 5.82 Å². The summed E-state index contributed by atoms with van der Waals surface area (Å²) in [6, 6.07) is 1.96. The van der Waals surface area contributed by atoms with E-state index >= 15 is 0 Å². The first-order valence-electron chi connectivity index (χ1n) is 10.9. The zero-order chi connectivity index (χ0) is 22.4. The summed E-state index contributed by atoms with van der Waals surface area (Å²) in [5.41, 5.74) is 2.30. The average Bonchev–Trinajstić information content (AvgIpc) is 3.24. The molecule has 0 radical (unpaired) electrons. The second-order valence-corrected chi connectivity index (χ2v) is 10.7. The van der Waals surface area contributed by atoms with Crippen LogP contribution < -0.4 is 5.32 Å². The van der Waals surface area contributed by atoms with Gasteiger partial charge in [-0.2, -0.15) is 5.10 Å². The third kappa shape index (κ3) is 4.21. The van der Waals surface area contributed by atoms with E-state index < -0.39 is 0 Å². The summed E-state index contributed by atoms with van der Waals surface area (Å²) in [7, 11) is 1.85. The smallest absolute Gasteiger partial charge is 0.276 e. The molecular formula is C22H26N6O2S2. The van der Waals surface area contributed by atoms with Crippen LogP contribution in [-0.2, 0) is 7.05 Å². The van der Waals surface area contributed by atoms with Crippen LogP contribution in [0.15, 0.2) is 11.4 Å². The molecule has 1 saturated heterocycles. The molecule has 32 heavy (non-hydrogen) atoms. The van der Waals surface area contributed by atoms with Crippen LogP contribution in [-0.4, -0.2) is 49.6 Å². The predicted octanol–water partition coefficient (Wildman–Crippen LogP) is 4.10. The lowest BCUT2D eigenvalue weighted by Gasteiger charge is -2.30. The fourth-order valence-electron chi connectivity index (χ4n) is 4.15. The van der Waals surface area contributed by atoms with E-state index in [1.54, 1.807) is 4.68 Å². The zero-order valence-electron chi connectivity index (χ0n) is 18.4. The number of aromatic nitrogens is 4. The number of carbonyl (C=O) groups excluding carboxylic acids is 2. The highest BCUT2D eigenvalue weighted by atomic mass is 32.1. The van der Waals surface area contributed by atoms with Gasteiger partial charge in [-0.25, -0.2) is 9.97 Å². The maximum atomic E-state index is 12.8. The number of hydrogen-bond acceptors (Lipinski definition) is 7. The second-order valence-electron chi connectivity index (χ2n) is 8.59. The first kappa shape index (κ1) is 21.3. The molecule has 5 rings (SSSR count). The molecule has 2 aliphatic rings. The van der Waals surface area contributed by atoms with Gasteiger partial charge in [0.1, 0.15) is 16.4 Å². The molecule has 2 fully saturated rings. The van der Waals surface area contributed by atoms with E-state index in [0.29, 0.717) is 30.5 Å². The summed E-state index contributed by atoms with van der Waals surface area (Å²) in [6.45, 7) is 5.21. The lowest BCUT2D eigenvalue weighted by Crippen LogP contribution is -2.37. The van der Waals surface area contributed by atoms with Crippen molar-refractivity contribution < 1.29 is 9.59 Å². The van der Waals surface area contributed by atoms with Crippen molar-refractivity contribution in [1.82, 2.24) is 24.6 Å². The molecule has 0 spiro atoms. The summed E-state index contributed by atoms with van der Waals surface area (Å²) < 4.78 is 1.72. The van der Waals surface area contributed by atoms with Gasteiger partial charge in [0.2, 0.25) is 0 Å². The third-order valence-corrected chi connectivity index (χ3v) is 8.19. The number of aryl methyl sites for hydroxylation is 3. The molecule has 1 aliphatic carbocycles. The molecule has 3 aromatic heterocycles. The van der Waals surface area contributed by atoms with E-state index in [0.717, 1.165) is 39.1 Å². The number of rotatable bonds is 5. The Bertz CT molecular complexity index is 1170. The lowest BCUT2D eigenvalue weighted by molar-refractivity contribution is 0.0717. The number of carbonyl (C=O) groups is 2. The topological polar surface area (TPSA) is 93.0 Å². The van der Waals surface area contributed by atoms with Crippen molar-refractivity contribution in [2.24, 2.45) is 7.05 Å². The van der Waals surface area contributed by atoms with Crippen molar-refractivity contribution in [2.45, 2.75) is 51.4 Å². The Morgan fingerprint density at radius 1 is 1.09 bits per heavy atom. The molecule has 3 aromatic rings. The molecular weight excluding hydrogens is 444 g/mol. The standard InChI is InChI=1S/C22H26N6O2S2/c1-12-19(32-13(2)23-12)22(30)28-8-6-15(7-9-28)21-24-17(11-31-21)20(29)25-18-10-16(14-4-5-14)26-27(18)3/h10-11,14-15H,4-9H2,1-3H3,(H,25,29). The fourth-order valence-corrected chi connectivity index (χ4v) is 6.01. The number of anilines is 1. The molecule has 168 valence electrons. The highest BCUT2D eigenvalue weighted by molar-refractivity contribution is 7.13. The van der Waals surface area contributed by atoms with E-state index in [4.69, 9.17) is 0 Å². The SMILES string of the molecule is Cc1nc(C)c(C(=O)N2CCC(c3nc(C(=O)Nc4cc(C5CC5)nn4C)cs3)CC2)s1. The fraction of sp³-hybridized carbons (Fsp3) is 0.500. The Labute approximate surface area is 194 Å². The molecule has 0 atom stereocenters. The van der Waals surface area contributed by atoms with Gasteiger partial charge in [0.25, 0.3) is 11.8 Å². The van der Waals surface area contributed by atoms with Gasteiger partial charge >= 0.3 is 0 Å². The van der Waals surface area contributed by atoms with Crippen molar-refractivity contribution in [1.29, 1.82) is 0 Å². The third-order valence-electron chi connectivity index (χ3n) is 6.12. The second kappa shape index (κ2) is 8.40. The molecule has 4 heterocycles. The molecule has 0 aromatic carbocycles. The number of thiazole rings is 2. The summed E-state index contributed by atoms with van der Waals surface area (Å²) >= 11 is 2.99. The Morgan fingerprint density at radius 3 is 2.50 bits per heavy atom. The highest BCUT2D eigenvalue weighted by Gasteiger charge is 2.29. The van der Waals surface area contributed by atoms with Gasteiger partial charge < -0.3 is 10.2 Å². The van der Waals surface area contributed by atoms with Crippen LogP contribution >= 0.6 is 22.7 Å². The monoisotopic (exact) mass is 470 g/mol. The number of nitrogens with one attached hydrogen (secondary N) is 1. The van der Waals surface area contributed by atoms with Crippen LogP contribution in [0, 0.1) is 13.8 Å². The minimum Gasteiger partial charge on any atom is -0.338 e. The van der Waals surface area contributed by atoms with Crippen molar-refractivity contribution in [2.75, 3.05) is 18.4 Å². The maximum Gasteiger partial charge on any atom is 0.276 e. The van der Waals surface area contributed by atoms with Crippen molar-refractivity contribution in [3.8, 4) is 0 Å². The van der Waals surface area contributed by atoms with Crippen LogP contribution in [0.25, 0.3) is 0 Å². The number of hydrogen-bond donors (Lipinski definition) is 1. The number of nitrogens with zero attached hydrogens (tertiary/aromatic N) is 5. The van der Waals surface area contributed by atoms with Gasteiger partial charge in [-0.1, -0.05) is 0 Å². The van der Waals surface area contributed by atoms with Crippen LogP contribution in [0.1, 0.15) is 79.1 Å². The van der Waals surface area contributed by atoms with Crippen LogP contribution in [0.5, 0.6) is 0 Å². The van der Waals surface area contributed by atoms with E-state index in [-0.39, 0.29) is 17.7 Å². The van der Waals surface area contributed by atoms with Gasteiger partial charge in [0.15, 0.2) is 0 Å².